The van der Waals surface area contributed by atoms with Gasteiger partial charge in [0.15, 0.2) is 0 Å². The summed E-state index contributed by atoms with van der Waals surface area (Å²) in [5, 5.41) is 8.31. The second-order valence-corrected chi connectivity index (χ2v) is 6.07. The van der Waals surface area contributed by atoms with Crippen LogP contribution in [0.25, 0.3) is 0 Å². The summed E-state index contributed by atoms with van der Waals surface area (Å²) in [6.45, 7) is 1.87. The van der Waals surface area contributed by atoms with Gasteiger partial charge in [-0.1, -0.05) is 30.3 Å². The lowest BCUT2D eigenvalue weighted by molar-refractivity contribution is 0.598. The molecule has 2 aromatic rings. The molecular weight excluding hydrogens is 274 g/mol. The first-order valence-electron chi connectivity index (χ1n) is 6.13. The number of hydrogen-bond donors (Lipinski definition) is 3. The molecule has 0 aliphatic heterocycles. The maximum Gasteiger partial charge on any atom is 0.240 e. The second-order valence-electron chi connectivity index (χ2n) is 4.54. The van der Waals surface area contributed by atoms with Crippen LogP contribution in [0.3, 0.4) is 0 Å². The Hall–Kier alpha value is -1.89. The highest BCUT2D eigenvalue weighted by atomic mass is 32.2. The zero-order chi connectivity index (χ0) is 14.8. The van der Waals surface area contributed by atoms with E-state index in [0.29, 0.717) is 5.69 Å². The standard InChI is InChI=1S/C14H17N3O2S/c1-10(15)11-6-2-3-7-12(11)17-13-8-4-5-9-14(13)20(16,18)19/h2-10,17H,15H2,1H3,(H2,16,18,19). The first-order chi connectivity index (χ1) is 9.39. The molecule has 0 saturated heterocycles. The highest BCUT2D eigenvalue weighted by molar-refractivity contribution is 7.89. The molecule has 0 aliphatic rings. The molecule has 0 spiro atoms. The van der Waals surface area contributed by atoms with E-state index in [1.807, 2.05) is 31.2 Å². The maximum absolute atomic E-state index is 11.6. The molecule has 0 heterocycles. The summed E-state index contributed by atoms with van der Waals surface area (Å²) in [5.74, 6) is 0. The van der Waals surface area contributed by atoms with Gasteiger partial charge >= 0.3 is 0 Å². The first kappa shape index (κ1) is 14.5. The van der Waals surface area contributed by atoms with Crippen molar-refractivity contribution in [1.29, 1.82) is 0 Å². The minimum Gasteiger partial charge on any atom is -0.354 e. The number of anilines is 2. The monoisotopic (exact) mass is 291 g/mol. The van der Waals surface area contributed by atoms with Crippen LogP contribution in [0.2, 0.25) is 0 Å². The van der Waals surface area contributed by atoms with E-state index < -0.39 is 10.0 Å². The van der Waals surface area contributed by atoms with Gasteiger partial charge in [0.1, 0.15) is 4.90 Å². The second kappa shape index (κ2) is 5.62. The van der Waals surface area contributed by atoms with Gasteiger partial charge < -0.3 is 11.1 Å². The van der Waals surface area contributed by atoms with Crippen molar-refractivity contribution in [2.75, 3.05) is 5.32 Å². The predicted molar refractivity (Wildman–Crippen MR) is 80.1 cm³/mol. The fourth-order valence-electron chi connectivity index (χ4n) is 1.97. The van der Waals surface area contributed by atoms with Gasteiger partial charge in [0, 0.05) is 11.7 Å². The molecule has 1 unspecified atom stereocenters. The fourth-order valence-corrected chi connectivity index (χ4v) is 2.66. The Morgan fingerprint density at radius 3 is 2.15 bits per heavy atom. The molecule has 1 atom stereocenters. The molecule has 0 aliphatic carbocycles. The number of nitrogens with one attached hydrogen (secondary N) is 1. The van der Waals surface area contributed by atoms with E-state index in [0.717, 1.165) is 11.3 Å². The Labute approximate surface area is 118 Å². The highest BCUT2D eigenvalue weighted by Gasteiger charge is 2.14. The van der Waals surface area contributed by atoms with Crippen molar-refractivity contribution in [2.24, 2.45) is 10.9 Å². The van der Waals surface area contributed by atoms with E-state index in [4.69, 9.17) is 10.9 Å². The van der Waals surface area contributed by atoms with Crippen LogP contribution in [0.15, 0.2) is 53.4 Å². The summed E-state index contributed by atoms with van der Waals surface area (Å²) < 4.78 is 23.2. The number of hydrogen-bond acceptors (Lipinski definition) is 4. The van der Waals surface area contributed by atoms with E-state index in [2.05, 4.69) is 5.32 Å². The van der Waals surface area contributed by atoms with Gasteiger partial charge in [0.2, 0.25) is 10.0 Å². The zero-order valence-electron chi connectivity index (χ0n) is 11.1. The molecule has 5 nitrogen and oxygen atoms in total. The number of sulfonamides is 1. The molecule has 20 heavy (non-hydrogen) atoms. The Bertz CT molecular complexity index is 712. The van der Waals surface area contributed by atoms with E-state index in [-0.39, 0.29) is 10.9 Å². The number of primary sulfonamides is 1. The van der Waals surface area contributed by atoms with Crippen LogP contribution in [-0.2, 0) is 10.0 Å². The molecule has 0 fully saturated rings. The summed E-state index contributed by atoms with van der Waals surface area (Å²) in [6.07, 6.45) is 0. The lowest BCUT2D eigenvalue weighted by Gasteiger charge is -2.16. The Morgan fingerprint density at radius 1 is 1.00 bits per heavy atom. The van der Waals surface area contributed by atoms with Crippen LogP contribution < -0.4 is 16.2 Å². The average molecular weight is 291 g/mol. The van der Waals surface area contributed by atoms with Gasteiger partial charge in [0.05, 0.1) is 5.69 Å². The quantitative estimate of drug-likeness (QED) is 0.803. The lowest BCUT2D eigenvalue weighted by Crippen LogP contribution is -2.14. The fraction of sp³-hybridized carbons (Fsp3) is 0.143. The molecule has 0 radical (unpaired) electrons. The van der Waals surface area contributed by atoms with Gasteiger partial charge in [-0.15, -0.1) is 0 Å². The van der Waals surface area contributed by atoms with Gasteiger partial charge in [-0.05, 0) is 30.7 Å². The summed E-state index contributed by atoms with van der Waals surface area (Å²) in [5.41, 5.74) is 8.00. The number of rotatable bonds is 4. The molecule has 2 rings (SSSR count). The summed E-state index contributed by atoms with van der Waals surface area (Å²) >= 11 is 0. The molecule has 0 saturated carbocycles. The molecule has 6 heteroatoms. The van der Waals surface area contributed by atoms with Crippen molar-refractivity contribution < 1.29 is 8.42 Å². The summed E-state index contributed by atoms with van der Waals surface area (Å²) in [7, 11) is -3.78. The smallest absolute Gasteiger partial charge is 0.240 e. The van der Waals surface area contributed by atoms with E-state index in [1.54, 1.807) is 18.2 Å². The first-order valence-corrected chi connectivity index (χ1v) is 7.67. The largest absolute Gasteiger partial charge is 0.354 e. The van der Waals surface area contributed by atoms with Crippen molar-refractivity contribution in [1.82, 2.24) is 0 Å². The third kappa shape index (κ3) is 3.16. The minimum absolute atomic E-state index is 0.0551. The zero-order valence-corrected chi connectivity index (χ0v) is 11.9. The van der Waals surface area contributed by atoms with Crippen LogP contribution in [-0.4, -0.2) is 8.42 Å². The topological polar surface area (TPSA) is 98.2 Å². The Kier molecular flexibility index (Phi) is 4.08. The third-order valence-electron chi connectivity index (χ3n) is 2.91. The normalized spacial score (nSPS) is 12.9. The van der Waals surface area contributed by atoms with Crippen LogP contribution in [0.4, 0.5) is 11.4 Å². The number of nitrogens with two attached hydrogens (primary N) is 2. The molecule has 2 aromatic carbocycles. The molecular formula is C14H17N3O2S. The average Bonchev–Trinajstić information content (AvgIpc) is 2.38. The highest BCUT2D eigenvalue weighted by Crippen LogP contribution is 2.28. The summed E-state index contributed by atoms with van der Waals surface area (Å²) in [6, 6.07) is 13.8. The van der Waals surface area contributed by atoms with E-state index in [1.165, 1.54) is 6.07 Å². The van der Waals surface area contributed by atoms with Crippen LogP contribution in [0.1, 0.15) is 18.5 Å². The predicted octanol–water partition coefficient (Wildman–Crippen LogP) is 2.10. The maximum atomic E-state index is 11.6. The Balaban J connectivity index is 2.47. The number of benzene rings is 2. The molecule has 5 N–H and O–H groups in total. The minimum atomic E-state index is -3.78. The van der Waals surface area contributed by atoms with Crippen molar-refractivity contribution in [2.45, 2.75) is 17.9 Å². The van der Waals surface area contributed by atoms with Gasteiger partial charge in [-0.25, -0.2) is 13.6 Å². The van der Waals surface area contributed by atoms with Crippen molar-refractivity contribution in [3.63, 3.8) is 0 Å². The van der Waals surface area contributed by atoms with Crippen LogP contribution in [0, 0.1) is 0 Å². The van der Waals surface area contributed by atoms with Gasteiger partial charge in [0.25, 0.3) is 0 Å². The Morgan fingerprint density at radius 2 is 1.55 bits per heavy atom. The number of para-hydroxylation sites is 2. The molecule has 106 valence electrons. The van der Waals surface area contributed by atoms with Crippen LogP contribution >= 0.6 is 0 Å². The molecule has 0 aromatic heterocycles. The van der Waals surface area contributed by atoms with Gasteiger partial charge in [-0.3, -0.25) is 0 Å². The SMILES string of the molecule is CC(N)c1ccccc1Nc1ccccc1S(N)(=O)=O. The van der Waals surface area contributed by atoms with E-state index in [9.17, 15) is 8.42 Å². The summed E-state index contributed by atoms with van der Waals surface area (Å²) in [4.78, 5) is 0.0551. The molecule has 0 amide bonds. The van der Waals surface area contributed by atoms with Crippen molar-refractivity contribution in [3.8, 4) is 0 Å². The van der Waals surface area contributed by atoms with Crippen LogP contribution in [0.5, 0.6) is 0 Å². The third-order valence-corrected chi connectivity index (χ3v) is 3.88. The van der Waals surface area contributed by atoms with Gasteiger partial charge in [-0.2, -0.15) is 0 Å². The van der Waals surface area contributed by atoms with Crippen molar-refractivity contribution >= 4 is 21.4 Å². The lowest BCUT2D eigenvalue weighted by atomic mass is 10.1. The molecule has 0 bridgehead atoms. The van der Waals surface area contributed by atoms with E-state index >= 15 is 0 Å². The van der Waals surface area contributed by atoms with Crippen molar-refractivity contribution in [3.05, 3.63) is 54.1 Å².